The lowest BCUT2D eigenvalue weighted by atomic mass is 10.1. The van der Waals surface area contributed by atoms with Gasteiger partial charge in [-0.15, -0.1) is 0 Å². The molecule has 24 heavy (non-hydrogen) atoms. The Labute approximate surface area is 141 Å². The third-order valence-corrected chi connectivity index (χ3v) is 3.76. The van der Waals surface area contributed by atoms with E-state index in [2.05, 4.69) is 5.32 Å². The van der Waals surface area contributed by atoms with E-state index >= 15 is 0 Å². The van der Waals surface area contributed by atoms with E-state index in [1.165, 1.54) is 0 Å². The summed E-state index contributed by atoms with van der Waals surface area (Å²) in [5, 5.41) is 2.90. The summed E-state index contributed by atoms with van der Waals surface area (Å²) >= 11 is 0. The van der Waals surface area contributed by atoms with Gasteiger partial charge in [0.1, 0.15) is 17.2 Å². The summed E-state index contributed by atoms with van der Waals surface area (Å²) in [6.45, 7) is 4.89. The van der Waals surface area contributed by atoms with Gasteiger partial charge in [-0.05, 0) is 37.6 Å². The van der Waals surface area contributed by atoms with Crippen LogP contribution < -0.4 is 19.5 Å². The molecule has 1 heterocycles. The molecule has 126 valence electrons. The van der Waals surface area contributed by atoms with Gasteiger partial charge in [0.15, 0.2) is 6.10 Å². The lowest BCUT2D eigenvalue weighted by molar-refractivity contribution is -0.122. The zero-order valence-corrected chi connectivity index (χ0v) is 13.9. The monoisotopic (exact) mass is 327 g/mol. The molecule has 1 aliphatic rings. The Balaban J connectivity index is 1.75. The summed E-state index contributed by atoms with van der Waals surface area (Å²) in [4.78, 5) is 12.6. The number of carbonyl (C=O) groups excluding carboxylic acids is 1. The van der Waals surface area contributed by atoms with Crippen molar-refractivity contribution in [3.05, 3.63) is 48.0 Å². The molecule has 2 aromatic carbocycles. The standard InChI is InChI=1S/C19H21NO4/c1-3-22-14-9-10-17(23-4-2)15(12-14)20-19(21)18-11-13-7-5-6-8-16(13)24-18/h5-10,12,18H,3-4,11H2,1-2H3,(H,20,21). The van der Waals surface area contributed by atoms with Crippen molar-refractivity contribution in [1.82, 2.24) is 0 Å². The molecule has 0 aliphatic carbocycles. The largest absolute Gasteiger partial charge is 0.494 e. The minimum absolute atomic E-state index is 0.194. The van der Waals surface area contributed by atoms with Crippen LogP contribution >= 0.6 is 0 Å². The van der Waals surface area contributed by atoms with Crippen LogP contribution in [0.15, 0.2) is 42.5 Å². The fraction of sp³-hybridized carbons (Fsp3) is 0.316. The Morgan fingerprint density at radius 1 is 1.17 bits per heavy atom. The minimum atomic E-state index is -0.535. The second-order valence-electron chi connectivity index (χ2n) is 5.43. The number of hydrogen-bond donors (Lipinski definition) is 1. The van der Waals surface area contributed by atoms with Gasteiger partial charge in [-0.25, -0.2) is 0 Å². The van der Waals surface area contributed by atoms with Gasteiger partial charge in [-0.1, -0.05) is 18.2 Å². The van der Waals surface area contributed by atoms with Crippen LogP contribution in [-0.2, 0) is 11.2 Å². The molecular weight excluding hydrogens is 306 g/mol. The molecule has 1 atom stereocenters. The van der Waals surface area contributed by atoms with Crippen LogP contribution in [0, 0.1) is 0 Å². The van der Waals surface area contributed by atoms with E-state index in [-0.39, 0.29) is 5.91 Å². The smallest absolute Gasteiger partial charge is 0.265 e. The fourth-order valence-corrected chi connectivity index (χ4v) is 2.69. The number of rotatable bonds is 6. The van der Waals surface area contributed by atoms with E-state index in [0.29, 0.717) is 36.8 Å². The van der Waals surface area contributed by atoms with E-state index in [0.717, 1.165) is 11.3 Å². The van der Waals surface area contributed by atoms with E-state index in [1.807, 2.05) is 44.2 Å². The first-order valence-corrected chi connectivity index (χ1v) is 8.16. The van der Waals surface area contributed by atoms with Crippen molar-refractivity contribution in [2.24, 2.45) is 0 Å². The third kappa shape index (κ3) is 3.45. The van der Waals surface area contributed by atoms with Crippen LogP contribution in [0.2, 0.25) is 0 Å². The molecule has 1 aliphatic heterocycles. The number of anilines is 1. The molecule has 0 saturated carbocycles. The van der Waals surface area contributed by atoms with Gasteiger partial charge in [0.05, 0.1) is 18.9 Å². The Morgan fingerprint density at radius 3 is 2.71 bits per heavy atom. The molecule has 2 aromatic rings. The first-order valence-electron chi connectivity index (χ1n) is 8.16. The molecule has 0 aromatic heterocycles. The summed E-state index contributed by atoms with van der Waals surface area (Å²) in [7, 11) is 0. The highest BCUT2D eigenvalue weighted by Gasteiger charge is 2.29. The first kappa shape index (κ1) is 16.2. The zero-order chi connectivity index (χ0) is 16.9. The van der Waals surface area contributed by atoms with Crippen molar-refractivity contribution >= 4 is 11.6 Å². The quantitative estimate of drug-likeness (QED) is 0.883. The summed E-state index contributed by atoms with van der Waals surface area (Å²) in [6.07, 6.45) is 0.0320. The normalized spacial score (nSPS) is 15.3. The molecule has 0 radical (unpaired) electrons. The zero-order valence-electron chi connectivity index (χ0n) is 13.9. The van der Waals surface area contributed by atoms with Crippen molar-refractivity contribution in [2.45, 2.75) is 26.4 Å². The van der Waals surface area contributed by atoms with Crippen molar-refractivity contribution < 1.29 is 19.0 Å². The number of benzene rings is 2. The molecule has 0 spiro atoms. The van der Waals surface area contributed by atoms with Gasteiger partial charge in [-0.2, -0.15) is 0 Å². The highest BCUT2D eigenvalue weighted by Crippen LogP contribution is 2.32. The number of amides is 1. The second-order valence-corrected chi connectivity index (χ2v) is 5.43. The third-order valence-electron chi connectivity index (χ3n) is 3.76. The van der Waals surface area contributed by atoms with Crippen LogP contribution in [0.25, 0.3) is 0 Å². The molecule has 3 rings (SSSR count). The number of para-hydroxylation sites is 1. The Morgan fingerprint density at radius 2 is 1.96 bits per heavy atom. The van der Waals surface area contributed by atoms with Gasteiger partial charge < -0.3 is 19.5 Å². The fourth-order valence-electron chi connectivity index (χ4n) is 2.69. The molecule has 0 bridgehead atoms. The Hall–Kier alpha value is -2.69. The number of fused-ring (bicyclic) bond motifs is 1. The molecule has 5 heteroatoms. The van der Waals surface area contributed by atoms with Crippen molar-refractivity contribution in [2.75, 3.05) is 18.5 Å². The molecule has 1 amide bonds. The number of hydrogen-bond acceptors (Lipinski definition) is 4. The number of ether oxygens (including phenoxy) is 3. The lowest BCUT2D eigenvalue weighted by Gasteiger charge is -2.16. The van der Waals surface area contributed by atoms with E-state index in [4.69, 9.17) is 14.2 Å². The minimum Gasteiger partial charge on any atom is -0.494 e. The van der Waals surface area contributed by atoms with E-state index in [9.17, 15) is 4.79 Å². The van der Waals surface area contributed by atoms with E-state index < -0.39 is 6.10 Å². The molecule has 1 N–H and O–H groups in total. The maximum absolute atomic E-state index is 12.6. The maximum atomic E-state index is 12.6. The molecule has 0 fully saturated rings. The first-order chi connectivity index (χ1) is 11.7. The van der Waals surface area contributed by atoms with Crippen LogP contribution in [0.5, 0.6) is 17.2 Å². The summed E-state index contributed by atoms with van der Waals surface area (Å²) in [6, 6.07) is 13.1. The average molecular weight is 327 g/mol. The molecule has 1 unspecified atom stereocenters. The van der Waals surface area contributed by atoms with Crippen LogP contribution in [0.1, 0.15) is 19.4 Å². The summed E-state index contributed by atoms with van der Waals surface area (Å²) in [5.41, 5.74) is 1.64. The van der Waals surface area contributed by atoms with Gasteiger partial charge >= 0.3 is 0 Å². The molecular formula is C19H21NO4. The van der Waals surface area contributed by atoms with E-state index in [1.54, 1.807) is 12.1 Å². The predicted octanol–water partition coefficient (Wildman–Crippen LogP) is 3.43. The summed E-state index contributed by atoms with van der Waals surface area (Å²) < 4.78 is 16.8. The molecule has 5 nitrogen and oxygen atoms in total. The second kappa shape index (κ2) is 7.25. The van der Waals surface area contributed by atoms with Gasteiger partial charge in [-0.3, -0.25) is 4.79 Å². The highest BCUT2D eigenvalue weighted by molar-refractivity contribution is 5.96. The maximum Gasteiger partial charge on any atom is 0.265 e. The van der Waals surface area contributed by atoms with Gasteiger partial charge in [0.2, 0.25) is 0 Å². The van der Waals surface area contributed by atoms with Crippen LogP contribution in [-0.4, -0.2) is 25.2 Å². The average Bonchev–Trinajstić information content (AvgIpc) is 3.02. The SMILES string of the molecule is CCOc1ccc(OCC)c(NC(=O)C2Cc3ccccc3O2)c1. The van der Waals surface area contributed by atoms with Crippen LogP contribution in [0.4, 0.5) is 5.69 Å². The Bertz CT molecular complexity index is 704. The number of nitrogens with one attached hydrogen (secondary N) is 1. The number of carbonyl (C=O) groups is 1. The summed E-state index contributed by atoms with van der Waals surface area (Å²) in [5.74, 6) is 1.88. The topological polar surface area (TPSA) is 56.8 Å². The Kier molecular flexibility index (Phi) is 4.89. The van der Waals surface area contributed by atoms with Crippen LogP contribution in [0.3, 0.4) is 0 Å². The van der Waals surface area contributed by atoms with Gasteiger partial charge in [0.25, 0.3) is 5.91 Å². The molecule has 0 saturated heterocycles. The predicted molar refractivity (Wildman–Crippen MR) is 92.0 cm³/mol. The van der Waals surface area contributed by atoms with Crippen molar-refractivity contribution in [3.8, 4) is 17.2 Å². The van der Waals surface area contributed by atoms with Crippen molar-refractivity contribution in [1.29, 1.82) is 0 Å². The van der Waals surface area contributed by atoms with Crippen molar-refractivity contribution in [3.63, 3.8) is 0 Å². The van der Waals surface area contributed by atoms with Gasteiger partial charge in [0, 0.05) is 12.5 Å². The highest BCUT2D eigenvalue weighted by atomic mass is 16.5. The lowest BCUT2D eigenvalue weighted by Crippen LogP contribution is -2.31.